The third kappa shape index (κ3) is 3.87. The normalized spacial score (nSPS) is 19.3. The molecule has 1 rings (SSSR count). The Kier molecular flexibility index (Phi) is 4.56. The summed E-state index contributed by atoms with van der Waals surface area (Å²) in [4.78, 5) is 23.8. The maximum Gasteiger partial charge on any atom is 0.329 e. The van der Waals surface area contributed by atoms with Gasteiger partial charge in [0.2, 0.25) is 0 Å². The van der Waals surface area contributed by atoms with Crippen LogP contribution >= 0.6 is 0 Å². The SMILES string of the molecule is CC(C)C(C)NC(=O)N1CC(C)(OCC(=O)O)C1. The van der Waals surface area contributed by atoms with Gasteiger partial charge in [-0.15, -0.1) is 0 Å². The zero-order chi connectivity index (χ0) is 13.9. The maximum absolute atomic E-state index is 11.8. The number of carboxylic acids is 1. The van der Waals surface area contributed by atoms with E-state index in [0.717, 1.165) is 0 Å². The van der Waals surface area contributed by atoms with E-state index < -0.39 is 11.6 Å². The lowest BCUT2D eigenvalue weighted by Gasteiger charge is -2.47. The molecule has 0 aliphatic carbocycles. The van der Waals surface area contributed by atoms with Crippen molar-refractivity contribution >= 4 is 12.0 Å². The van der Waals surface area contributed by atoms with Crippen LogP contribution in [0, 0.1) is 5.92 Å². The van der Waals surface area contributed by atoms with Crippen LogP contribution in [0.25, 0.3) is 0 Å². The van der Waals surface area contributed by atoms with Crippen LogP contribution < -0.4 is 5.32 Å². The monoisotopic (exact) mass is 258 g/mol. The Morgan fingerprint density at radius 2 is 1.94 bits per heavy atom. The van der Waals surface area contributed by atoms with Crippen molar-refractivity contribution < 1.29 is 19.4 Å². The number of hydrogen-bond donors (Lipinski definition) is 2. The van der Waals surface area contributed by atoms with Crippen molar-refractivity contribution in [3.05, 3.63) is 0 Å². The number of ether oxygens (including phenoxy) is 1. The summed E-state index contributed by atoms with van der Waals surface area (Å²) in [7, 11) is 0. The van der Waals surface area contributed by atoms with E-state index in [1.54, 1.807) is 4.90 Å². The minimum atomic E-state index is -0.993. The highest BCUT2D eigenvalue weighted by Gasteiger charge is 2.43. The van der Waals surface area contributed by atoms with Gasteiger partial charge in [0, 0.05) is 6.04 Å². The van der Waals surface area contributed by atoms with Gasteiger partial charge in [-0.05, 0) is 19.8 Å². The molecule has 0 bridgehead atoms. The van der Waals surface area contributed by atoms with Crippen molar-refractivity contribution in [3.63, 3.8) is 0 Å². The van der Waals surface area contributed by atoms with E-state index in [4.69, 9.17) is 9.84 Å². The first-order valence-corrected chi connectivity index (χ1v) is 6.15. The summed E-state index contributed by atoms with van der Waals surface area (Å²) in [5.41, 5.74) is -0.531. The van der Waals surface area contributed by atoms with E-state index in [1.165, 1.54) is 0 Å². The zero-order valence-electron chi connectivity index (χ0n) is 11.4. The molecule has 0 saturated carbocycles. The van der Waals surface area contributed by atoms with Crippen molar-refractivity contribution in [1.82, 2.24) is 10.2 Å². The summed E-state index contributed by atoms with van der Waals surface area (Å²) in [6.07, 6.45) is 0. The number of carboxylic acid groups (broad SMARTS) is 1. The van der Waals surface area contributed by atoms with Crippen molar-refractivity contribution in [1.29, 1.82) is 0 Å². The first kappa shape index (κ1) is 14.8. The molecule has 0 aromatic heterocycles. The predicted octanol–water partition coefficient (Wildman–Crippen LogP) is 0.916. The van der Waals surface area contributed by atoms with Gasteiger partial charge in [-0.3, -0.25) is 0 Å². The molecule has 6 heteroatoms. The fourth-order valence-corrected chi connectivity index (χ4v) is 1.68. The predicted molar refractivity (Wildman–Crippen MR) is 66.4 cm³/mol. The van der Waals surface area contributed by atoms with Crippen molar-refractivity contribution in [2.24, 2.45) is 5.92 Å². The van der Waals surface area contributed by atoms with Gasteiger partial charge in [0.1, 0.15) is 12.2 Å². The number of amides is 2. The number of rotatable bonds is 5. The Morgan fingerprint density at radius 1 is 1.39 bits per heavy atom. The molecule has 1 fully saturated rings. The van der Waals surface area contributed by atoms with Crippen molar-refractivity contribution in [2.45, 2.75) is 39.3 Å². The van der Waals surface area contributed by atoms with Gasteiger partial charge < -0.3 is 20.1 Å². The third-order valence-electron chi connectivity index (χ3n) is 3.23. The number of likely N-dealkylation sites (tertiary alicyclic amines) is 1. The summed E-state index contributed by atoms with van der Waals surface area (Å²) in [5.74, 6) is -0.613. The molecule has 0 aromatic rings. The molecule has 1 unspecified atom stereocenters. The van der Waals surface area contributed by atoms with E-state index in [0.29, 0.717) is 19.0 Å². The van der Waals surface area contributed by atoms with E-state index in [9.17, 15) is 9.59 Å². The number of carbonyl (C=O) groups is 2. The van der Waals surface area contributed by atoms with E-state index in [1.807, 2.05) is 27.7 Å². The average molecular weight is 258 g/mol. The molecular formula is C12H22N2O4. The Morgan fingerprint density at radius 3 is 2.39 bits per heavy atom. The molecule has 0 aromatic carbocycles. The second-order valence-electron chi connectivity index (χ2n) is 5.47. The van der Waals surface area contributed by atoms with Crippen LogP contribution in [0.5, 0.6) is 0 Å². The highest BCUT2D eigenvalue weighted by molar-refractivity contribution is 5.76. The first-order valence-electron chi connectivity index (χ1n) is 6.15. The van der Waals surface area contributed by atoms with Gasteiger partial charge in [-0.2, -0.15) is 0 Å². The molecule has 1 heterocycles. The van der Waals surface area contributed by atoms with Crippen LogP contribution in [-0.2, 0) is 9.53 Å². The van der Waals surface area contributed by atoms with Crippen LogP contribution in [-0.4, -0.2) is 53.3 Å². The Bertz CT molecular complexity index is 324. The van der Waals surface area contributed by atoms with Crippen LogP contribution in [0.2, 0.25) is 0 Å². The maximum atomic E-state index is 11.8. The van der Waals surface area contributed by atoms with Crippen molar-refractivity contribution in [2.75, 3.05) is 19.7 Å². The number of aliphatic carboxylic acids is 1. The Hall–Kier alpha value is -1.30. The van der Waals surface area contributed by atoms with E-state index >= 15 is 0 Å². The molecule has 0 spiro atoms. The van der Waals surface area contributed by atoms with Gasteiger partial charge in [0.15, 0.2) is 0 Å². The molecule has 104 valence electrons. The topological polar surface area (TPSA) is 78.9 Å². The lowest BCUT2D eigenvalue weighted by molar-refractivity contribution is -0.159. The van der Waals surface area contributed by atoms with Crippen molar-refractivity contribution in [3.8, 4) is 0 Å². The molecule has 1 atom stereocenters. The van der Waals surface area contributed by atoms with Gasteiger partial charge in [0.25, 0.3) is 0 Å². The molecule has 18 heavy (non-hydrogen) atoms. The number of carbonyl (C=O) groups excluding carboxylic acids is 1. The number of nitrogens with one attached hydrogen (secondary N) is 1. The third-order valence-corrected chi connectivity index (χ3v) is 3.23. The molecule has 0 radical (unpaired) electrons. The number of nitrogens with zero attached hydrogens (tertiary/aromatic N) is 1. The first-order chi connectivity index (χ1) is 8.23. The highest BCUT2D eigenvalue weighted by atomic mass is 16.5. The quantitative estimate of drug-likeness (QED) is 0.768. The van der Waals surface area contributed by atoms with Gasteiger partial charge >= 0.3 is 12.0 Å². The fourth-order valence-electron chi connectivity index (χ4n) is 1.68. The summed E-state index contributed by atoms with van der Waals surface area (Å²) < 4.78 is 5.24. The van der Waals surface area contributed by atoms with E-state index in [2.05, 4.69) is 5.32 Å². The average Bonchev–Trinajstić information content (AvgIpc) is 2.22. The van der Waals surface area contributed by atoms with Gasteiger partial charge in [0.05, 0.1) is 13.1 Å². The Balaban J connectivity index is 2.32. The van der Waals surface area contributed by atoms with Crippen LogP contribution in [0.15, 0.2) is 0 Å². The summed E-state index contributed by atoms with van der Waals surface area (Å²) in [5, 5.41) is 11.4. The molecule has 1 aliphatic heterocycles. The summed E-state index contributed by atoms with van der Waals surface area (Å²) in [6, 6.07) is -0.00288. The van der Waals surface area contributed by atoms with Crippen LogP contribution in [0.3, 0.4) is 0 Å². The minimum Gasteiger partial charge on any atom is -0.480 e. The minimum absolute atomic E-state index is 0.115. The number of hydrogen-bond acceptors (Lipinski definition) is 3. The highest BCUT2D eigenvalue weighted by Crippen LogP contribution is 2.24. The largest absolute Gasteiger partial charge is 0.480 e. The van der Waals surface area contributed by atoms with Crippen LogP contribution in [0.4, 0.5) is 4.79 Å². The number of urea groups is 1. The molecule has 2 amide bonds. The molecule has 1 saturated heterocycles. The fraction of sp³-hybridized carbons (Fsp3) is 0.833. The molecule has 6 nitrogen and oxygen atoms in total. The van der Waals surface area contributed by atoms with Gasteiger partial charge in [-0.1, -0.05) is 13.8 Å². The molecule has 2 N–H and O–H groups in total. The summed E-state index contributed by atoms with van der Waals surface area (Å²) in [6.45, 7) is 8.39. The zero-order valence-corrected chi connectivity index (χ0v) is 11.4. The standard InChI is InChI=1S/C12H22N2O4/c1-8(2)9(3)13-11(17)14-6-12(4,7-14)18-5-10(15)16/h8-9H,5-7H2,1-4H3,(H,13,17)(H,15,16). The second-order valence-corrected chi connectivity index (χ2v) is 5.47. The lowest BCUT2D eigenvalue weighted by atomic mass is 9.97. The lowest BCUT2D eigenvalue weighted by Crippen LogP contribution is -2.66. The van der Waals surface area contributed by atoms with Crippen LogP contribution in [0.1, 0.15) is 27.7 Å². The van der Waals surface area contributed by atoms with Gasteiger partial charge in [-0.25, -0.2) is 9.59 Å². The molecule has 1 aliphatic rings. The smallest absolute Gasteiger partial charge is 0.329 e. The molecular weight excluding hydrogens is 236 g/mol. The summed E-state index contributed by atoms with van der Waals surface area (Å²) >= 11 is 0. The van der Waals surface area contributed by atoms with E-state index in [-0.39, 0.29) is 18.7 Å². The second kappa shape index (κ2) is 5.56. The Labute approximate surface area is 107 Å².